The monoisotopic (exact) mass is 224 g/mol. The zero-order chi connectivity index (χ0) is 10.8. The highest BCUT2D eigenvalue weighted by atomic mass is 32.1. The van der Waals surface area contributed by atoms with Crippen LogP contribution >= 0.6 is 11.3 Å². The van der Waals surface area contributed by atoms with Gasteiger partial charge in [0, 0.05) is 5.38 Å². The van der Waals surface area contributed by atoms with Crippen LogP contribution in [0.15, 0.2) is 10.9 Å². The van der Waals surface area contributed by atoms with E-state index in [4.69, 9.17) is 0 Å². The fourth-order valence-corrected chi connectivity index (χ4v) is 1.21. The minimum atomic E-state index is -4.42. The van der Waals surface area contributed by atoms with Crippen molar-refractivity contribution in [3.63, 3.8) is 0 Å². The lowest BCUT2D eigenvalue weighted by Crippen LogP contribution is -2.43. The van der Waals surface area contributed by atoms with Gasteiger partial charge in [-0.25, -0.2) is 4.98 Å². The Morgan fingerprint density at radius 3 is 2.71 bits per heavy atom. The zero-order valence-electron chi connectivity index (χ0n) is 7.13. The highest BCUT2D eigenvalue weighted by molar-refractivity contribution is 7.07. The molecule has 0 aliphatic rings. The van der Waals surface area contributed by atoms with Gasteiger partial charge >= 0.3 is 6.18 Å². The van der Waals surface area contributed by atoms with Gasteiger partial charge in [0.25, 0.3) is 5.91 Å². The summed E-state index contributed by atoms with van der Waals surface area (Å²) in [6, 6.07) is -1.86. The smallest absolute Gasteiger partial charge is 0.339 e. The maximum absolute atomic E-state index is 12.0. The maximum atomic E-state index is 12.0. The van der Waals surface area contributed by atoms with Crippen LogP contribution in [0.3, 0.4) is 0 Å². The second-order valence-corrected chi connectivity index (χ2v) is 3.33. The molecule has 1 aromatic rings. The van der Waals surface area contributed by atoms with Crippen molar-refractivity contribution < 1.29 is 18.0 Å². The average molecular weight is 224 g/mol. The fraction of sp³-hybridized carbons (Fsp3) is 0.429. The van der Waals surface area contributed by atoms with Crippen LogP contribution in [0.4, 0.5) is 13.2 Å². The van der Waals surface area contributed by atoms with E-state index in [0.29, 0.717) is 0 Å². The van der Waals surface area contributed by atoms with Gasteiger partial charge in [-0.1, -0.05) is 0 Å². The number of halogens is 3. The number of nitrogens with zero attached hydrogens (tertiary/aromatic N) is 1. The molecule has 14 heavy (non-hydrogen) atoms. The van der Waals surface area contributed by atoms with E-state index < -0.39 is 18.1 Å². The normalized spacial score (nSPS) is 13.7. The third-order valence-electron chi connectivity index (χ3n) is 1.50. The Morgan fingerprint density at radius 1 is 1.64 bits per heavy atom. The Balaban J connectivity index is 2.58. The van der Waals surface area contributed by atoms with Crippen LogP contribution in [-0.2, 0) is 0 Å². The lowest BCUT2D eigenvalue weighted by atomic mass is 10.3. The predicted molar refractivity (Wildman–Crippen MR) is 45.1 cm³/mol. The molecule has 1 N–H and O–H groups in total. The van der Waals surface area contributed by atoms with E-state index >= 15 is 0 Å². The molecule has 1 atom stereocenters. The van der Waals surface area contributed by atoms with Gasteiger partial charge in [0.05, 0.1) is 5.51 Å². The van der Waals surface area contributed by atoms with Gasteiger partial charge in [-0.3, -0.25) is 4.79 Å². The van der Waals surface area contributed by atoms with Gasteiger partial charge < -0.3 is 5.32 Å². The molecule has 0 saturated heterocycles. The molecule has 1 amide bonds. The third kappa shape index (κ3) is 2.69. The van der Waals surface area contributed by atoms with Gasteiger partial charge in [-0.2, -0.15) is 13.2 Å². The van der Waals surface area contributed by atoms with E-state index in [-0.39, 0.29) is 5.69 Å². The van der Waals surface area contributed by atoms with Gasteiger partial charge in [-0.15, -0.1) is 11.3 Å². The van der Waals surface area contributed by atoms with E-state index in [1.54, 1.807) is 5.32 Å². The number of carbonyl (C=O) groups is 1. The molecule has 0 spiro atoms. The fourth-order valence-electron chi connectivity index (χ4n) is 0.677. The molecule has 0 aliphatic heterocycles. The van der Waals surface area contributed by atoms with Gasteiger partial charge in [-0.05, 0) is 6.92 Å². The lowest BCUT2D eigenvalue weighted by Gasteiger charge is -2.16. The molecule has 1 aromatic heterocycles. The molecule has 7 heteroatoms. The van der Waals surface area contributed by atoms with E-state index in [9.17, 15) is 18.0 Å². The molecule has 1 heterocycles. The summed E-state index contributed by atoms with van der Waals surface area (Å²) in [6.07, 6.45) is -4.42. The van der Waals surface area contributed by atoms with E-state index in [2.05, 4.69) is 4.98 Å². The largest absolute Gasteiger partial charge is 0.408 e. The second-order valence-electron chi connectivity index (χ2n) is 2.61. The molecule has 0 aromatic carbocycles. The molecule has 0 radical (unpaired) electrons. The van der Waals surface area contributed by atoms with E-state index in [1.807, 2.05) is 0 Å². The van der Waals surface area contributed by atoms with Crippen LogP contribution in [0.5, 0.6) is 0 Å². The number of nitrogens with one attached hydrogen (secondary N) is 1. The number of thiazole rings is 1. The highest BCUT2D eigenvalue weighted by Gasteiger charge is 2.37. The maximum Gasteiger partial charge on any atom is 0.408 e. The van der Waals surface area contributed by atoms with Crippen molar-refractivity contribution in [2.45, 2.75) is 19.1 Å². The first kappa shape index (κ1) is 11.0. The molecule has 0 bridgehead atoms. The summed E-state index contributed by atoms with van der Waals surface area (Å²) in [5.74, 6) is -0.809. The van der Waals surface area contributed by atoms with E-state index in [1.165, 1.54) is 10.9 Å². The third-order valence-corrected chi connectivity index (χ3v) is 2.09. The standard InChI is InChI=1S/C7H7F3N2OS/c1-4(7(8,9)10)12-6(13)5-2-14-3-11-5/h2-4H,1H3,(H,12,13). The van der Waals surface area contributed by atoms with Gasteiger partial charge in [0.2, 0.25) is 0 Å². The SMILES string of the molecule is CC(NC(=O)c1cscn1)C(F)(F)F. The van der Waals surface area contributed by atoms with Crippen molar-refractivity contribution >= 4 is 17.2 Å². The minimum absolute atomic E-state index is 0.00565. The summed E-state index contributed by atoms with van der Waals surface area (Å²) < 4.78 is 36.1. The summed E-state index contributed by atoms with van der Waals surface area (Å²) >= 11 is 1.15. The van der Waals surface area contributed by atoms with Crippen molar-refractivity contribution in [3.05, 3.63) is 16.6 Å². The number of aromatic nitrogens is 1. The Morgan fingerprint density at radius 2 is 2.29 bits per heavy atom. The molecule has 3 nitrogen and oxygen atoms in total. The van der Waals surface area contributed by atoms with Crippen molar-refractivity contribution in [1.29, 1.82) is 0 Å². The quantitative estimate of drug-likeness (QED) is 0.832. The Hall–Kier alpha value is -1.11. The van der Waals surface area contributed by atoms with Crippen molar-refractivity contribution in [1.82, 2.24) is 10.3 Å². The molecule has 1 unspecified atom stereocenters. The van der Waals surface area contributed by atoms with Gasteiger partial charge in [0.1, 0.15) is 11.7 Å². The number of alkyl halides is 3. The molecule has 1 rings (SSSR count). The van der Waals surface area contributed by atoms with E-state index in [0.717, 1.165) is 18.3 Å². The lowest BCUT2D eigenvalue weighted by molar-refractivity contribution is -0.149. The first-order valence-electron chi connectivity index (χ1n) is 3.67. The Kier molecular flexibility index (Phi) is 3.10. The number of amides is 1. The molecular weight excluding hydrogens is 217 g/mol. The minimum Gasteiger partial charge on any atom is -0.339 e. The average Bonchev–Trinajstić information content (AvgIpc) is 2.53. The molecule has 78 valence electrons. The molecule has 0 aliphatic carbocycles. The summed E-state index contributed by atoms with van der Waals surface area (Å²) in [7, 11) is 0. The molecule has 0 fully saturated rings. The highest BCUT2D eigenvalue weighted by Crippen LogP contribution is 2.19. The summed E-state index contributed by atoms with van der Waals surface area (Å²) in [6.45, 7) is 0.879. The number of hydrogen-bond donors (Lipinski definition) is 1. The molecule has 0 saturated carbocycles. The van der Waals surface area contributed by atoms with Crippen LogP contribution in [0.2, 0.25) is 0 Å². The van der Waals surface area contributed by atoms with Crippen LogP contribution in [-0.4, -0.2) is 23.1 Å². The Bertz CT molecular complexity index is 309. The zero-order valence-corrected chi connectivity index (χ0v) is 7.95. The van der Waals surface area contributed by atoms with Crippen molar-refractivity contribution in [2.75, 3.05) is 0 Å². The van der Waals surface area contributed by atoms with Crippen LogP contribution < -0.4 is 5.32 Å². The summed E-state index contributed by atoms with van der Waals surface area (Å²) in [5, 5.41) is 3.19. The molecular formula is C7H7F3N2OS. The Labute approximate surface area is 82.0 Å². The van der Waals surface area contributed by atoms with Crippen molar-refractivity contribution in [2.24, 2.45) is 0 Å². The first-order valence-corrected chi connectivity index (χ1v) is 4.61. The summed E-state index contributed by atoms with van der Waals surface area (Å²) in [5.41, 5.74) is 1.39. The van der Waals surface area contributed by atoms with Crippen LogP contribution in [0, 0.1) is 0 Å². The van der Waals surface area contributed by atoms with Crippen molar-refractivity contribution in [3.8, 4) is 0 Å². The number of carbonyl (C=O) groups excluding carboxylic acids is 1. The van der Waals surface area contributed by atoms with Crippen LogP contribution in [0.25, 0.3) is 0 Å². The topological polar surface area (TPSA) is 42.0 Å². The summed E-state index contributed by atoms with van der Waals surface area (Å²) in [4.78, 5) is 14.7. The van der Waals surface area contributed by atoms with Gasteiger partial charge in [0.15, 0.2) is 0 Å². The second kappa shape index (κ2) is 3.95. The number of rotatable bonds is 2. The number of hydrogen-bond acceptors (Lipinski definition) is 3. The first-order chi connectivity index (χ1) is 6.41. The predicted octanol–water partition coefficient (Wildman–Crippen LogP) is 1.82. The van der Waals surface area contributed by atoms with Crippen LogP contribution in [0.1, 0.15) is 17.4 Å².